The number of sulfone groups is 1. The Labute approximate surface area is 329 Å². The van der Waals surface area contributed by atoms with E-state index in [1.165, 1.54) is 25.5 Å². The first-order valence-corrected chi connectivity index (χ1v) is 21.1. The highest BCUT2D eigenvalue weighted by molar-refractivity contribution is 7.91. The van der Waals surface area contributed by atoms with E-state index in [0.717, 1.165) is 70.9 Å². The van der Waals surface area contributed by atoms with Crippen molar-refractivity contribution < 1.29 is 32.5 Å². The Bertz CT molecular complexity index is 2070. The van der Waals surface area contributed by atoms with Gasteiger partial charge < -0.3 is 29.0 Å². The molecule has 292 valence electrons. The van der Waals surface area contributed by atoms with Crippen LogP contribution in [-0.4, -0.2) is 92.4 Å². The van der Waals surface area contributed by atoms with Gasteiger partial charge in [0.25, 0.3) is 0 Å². The molecule has 2 aliphatic rings. The van der Waals surface area contributed by atoms with Crippen molar-refractivity contribution in [3.8, 4) is 40.2 Å². The van der Waals surface area contributed by atoms with Crippen LogP contribution in [0.5, 0.6) is 23.0 Å². The lowest BCUT2D eigenvalue weighted by atomic mass is 9.96. The molecule has 3 aromatic carbocycles. The van der Waals surface area contributed by atoms with Crippen LogP contribution in [0.3, 0.4) is 0 Å². The van der Waals surface area contributed by atoms with Gasteiger partial charge in [-0.2, -0.15) is 5.26 Å². The highest BCUT2D eigenvalue weighted by Crippen LogP contribution is 2.38. The third kappa shape index (κ3) is 11.3. The summed E-state index contributed by atoms with van der Waals surface area (Å²) < 4.78 is 49.7. The molecule has 2 aliphatic heterocycles. The van der Waals surface area contributed by atoms with Crippen molar-refractivity contribution in [3.05, 3.63) is 99.8 Å². The molecule has 1 N–H and O–H groups in total. The lowest BCUT2D eigenvalue weighted by Gasteiger charge is -2.28. The van der Waals surface area contributed by atoms with Crippen LogP contribution in [0.2, 0.25) is 5.02 Å². The Hall–Kier alpha value is -4.38. The molecule has 13 heteroatoms. The lowest BCUT2D eigenvalue weighted by Crippen LogP contribution is -2.35. The first-order chi connectivity index (χ1) is 26.7. The molecule has 0 aliphatic carbocycles. The molecule has 1 aromatic heterocycles. The van der Waals surface area contributed by atoms with Crippen molar-refractivity contribution in [1.29, 1.82) is 5.26 Å². The van der Waals surface area contributed by atoms with Crippen molar-refractivity contribution in [2.75, 3.05) is 64.1 Å². The first kappa shape index (κ1) is 40.3. The Morgan fingerprint density at radius 3 is 2.53 bits per heavy atom. The van der Waals surface area contributed by atoms with E-state index in [0.29, 0.717) is 54.9 Å². The minimum atomic E-state index is -3.43. The Morgan fingerprint density at radius 1 is 0.927 bits per heavy atom. The van der Waals surface area contributed by atoms with Gasteiger partial charge in [-0.05, 0) is 98.9 Å². The lowest BCUT2D eigenvalue weighted by molar-refractivity contribution is 0.171. The summed E-state index contributed by atoms with van der Waals surface area (Å²) in [5.74, 6) is 2.10. The largest absolute Gasteiger partial charge is 0.488 e. The van der Waals surface area contributed by atoms with Gasteiger partial charge in [0.15, 0.2) is 21.3 Å². The van der Waals surface area contributed by atoms with Gasteiger partial charge in [-0.15, -0.1) is 0 Å². The highest BCUT2D eigenvalue weighted by atomic mass is 35.5. The molecular formula is C42H49ClN4O7S. The number of halogens is 1. The van der Waals surface area contributed by atoms with Gasteiger partial charge in [0.2, 0.25) is 0 Å². The number of aliphatic hydroxyl groups is 1. The van der Waals surface area contributed by atoms with Gasteiger partial charge >= 0.3 is 0 Å². The number of hydrogen-bond donors (Lipinski definition) is 1. The summed E-state index contributed by atoms with van der Waals surface area (Å²) in [5.41, 5.74) is 6.04. The van der Waals surface area contributed by atoms with Gasteiger partial charge in [0, 0.05) is 42.7 Å². The van der Waals surface area contributed by atoms with E-state index in [-0.39, 0.29) is 24.7 Å². The summed E-state index contributed by atoms with van der Waals surface area (Å²) in [5, 5.41) is 19.1. The molecule has 0 spiro atoms. The summed E-state index contributed by atoms with van der Waals surface area (Å²) in [6.07, 6.45) is 7.70. The number of fused-ring (bicyclic) bond motifs is 1. The van der Waals surface area contributed by atoms with E-state index in [1.807, 2.05) is 36.4 Å². The second-order valence-corrected chi connectivity index (χ2v) is 16.7. The van der Waals surface area contributed by atoms with Crippen LogP contribution in [0.15, 0.2) is 67.0 Å². The van der Waals surface area contributed by atoms with Crippen molar-refractivity contribution in [2.45, 2.75) is 52.4 Å². The number of rotatable bonds is 18. The molecule has 0 unspecified atom stereocenters. The average molecular weight is 789 g/mol. The number of piperidine rings is 1. The molecule has 0 amide bonds. The van der Waals surface area contributed by atoms with Gasteiger partial charge in [0.1, 0.15) is 44.0 Å². The molecular weight excluding hydrogens is 740 g/mol. The monoisotopic (exact) mass is 788 g/mol. The van der Waals surface area contributed by atoms with Crippen LogP contribution in [0, 0.1) is 18.3 Å². The third-order valence-electron chi connectivity index (χ3n) is 10.0. The number of aromatic nitrogens is 1. The molecule has 4 aromatic rings. The van der Waals surface area contributed by atoms with Gasteiger partial charge in [-0.3, -0.25) is 9.88 Å². The minimum absolute atomic E-state index is 0.0698. The van der Waals surface area contributed by atoms with Crippen LogP contribution in [0.25, 0.3) is 11.1 Å². The maximum absolute atomic E-state index is 12.7. The number of likely N-dealkylation sites (tertiary alicyclic amines) is 1. The molecule has 55 heavy (non-hydrogen) atoms. The number of hydrogen-bond acceptors (Lipinski definition) is 11. The summed E-state index contributed by atoms with van der Waals surface area (Å²) >= 11 is 6.94. The highest BCUT2D eigenvalue weighted by Gasteiger charge is 2.20. The molecule has 0 bridgehead atoms. The quantitative estimate of drug-likeness (QED) is 0.117. The number of benzene rings is 3. The van der Waals surface area contributed by atoms with Gasteiger partial charge in [-0.25, -0.2) is 8.42 Å². The van der Waals surface area contributed by atoms with Gasteiger partial charge in [-0.1, -0.05) is 42.3 Å². The zero-order valence-electron chi connectivity index (χ0n) is 31.3. The van der Waals surface area contributed by atoms with Crippen molar-refractivity contribution in [3.63, 3.8) is 0 Å². The van der Waals surface area contributed by atoms with Crippen LogP contribution in [0.4, 0.5) is 0 Å². The van der Waals surface area contributed by atoms with Crippen molar-refractivity contribution >= 4 is 21.4 Å². The molecule has 0 radical (unpaired) electrons. The predicted molar refractivity (Wildman–Crippen MR) is 213 cm³/mol. The number of pyridine rings is 1. The Balaban J connectivity index is 1.23. The smallest absolute Gasteiger partial charge is 0.161 e. The Morgan fingerprint density at radius 2 is 1.73 bits per heavy atom. The van der Waals surface area contributed by atoms with E-state index in [1.54, 1.807) is 18.3 Å². The SMILES string of the molecule is Cc1c(COc2cc(OCc3cncc(C#N)c3)c(CN(CCCN3CCCCC3)CCS(=O)(=O)CCO)cc2Cl)cccc1-c1ccc2c(c1)OCCO2. The van der Waals surface area contributed by atoms with Crippen molar-refractivity contribution in [1.82, 2.24) is 14.8 Å². The standard InChI is InChI=1S/C42H49ClN4O7S/c1-31-35(7-5-8-37(31)34-9-10-39-42(23-34)52-18-17-51-39)30-54-41-24-40(53-29-33-21-32(25-44)26-45-27-33)36(22-38(41)43)28-47(15-19-55(49,50)20-16-48)14-6-13-46-11-3-2-4-12-46/h5,7-10,21-24,26-27,48H,2-4,6,11-20,28-30H2,1H3. The molecule has 0 atom stereocenters. The predicted octanol–water partition coefficient (Wildman–Crippen LogP) is 6.60. The second kappa shape index (κ2) is 19.5. The number of nitrogens with zero attached hydrogens (tertiary/aromatic N) is 4. The number of ether oxygens (including phenoxy) is 4. The fourth-order valence-electron chi connectivity index (χ4n) is 6.97. The molecule has 3 heterocycles. The molecule has 6 rings (SSSR count). The maximum Gasteiger partial charge on any atom is 0.161 e. The first-order valence-electron chi connectivity index (χ1n) is 18.9. The van der Waals surface area contributed by atoms with Crippen LogP contribution >= 0.6 is 11.6 Å². The van der Waals surface area contributed by atoms with E-state index in [9.17, 15) is 18.8 Å². The molecule has 1 fully saturated rings. The van der Waals surface area contributed by atoms with Crippen molar-refractivity contribution in [2.24, 2.45) is 0 Å². The van der Waals surface area contributed by atoms with E-state index >= 15 is 0 Å². The zero-order valence-corrected chi connectivity index (χ0v) is 32.9. The third-order valence-corrected chi connectivity index (χ3v) is 11.9. The fourth-order valence-corrected chi connectivity index (χ4v) is 8.23. The molecule has 1 saturated heterocycles. The summed E-state index contributed by atoms with van der Waals surface area (Å²) in [4.78, 5) is 8.76. The Kier molecular flexibility index (Phi) is 14.3. The fraction of sp³-hybridized carbons (Fsp3) is 0.429. The maximum atomic E-state index is 12.7. The van der Waals surface area contributed by atoms with Gasteiger partial charge in [0.05, 0.1) is 28.7 Å². The summed E-state index contributed by atoms with van der Waals surface area (Å²) in [6.45, 7) is 7.58. The van der Waals surface area contributed by atoms with Crippen LogP contribution in [-0.2, 0) is 29.6 Å². The number of nitriles is 1. The normalized spacial score (nSPS) is 14.5. The topological polar surface area (TPSA) is 134 Å². The zero-order chi connectivity index (χ0) is 38.6. The molecule has 0 saturated carbocycles. The minimum Gasteiger partial charge on any atom is -0.488 e. The van der Waals surface area contributed by atoms with E-state index < -0.39 is 16.4 Å². The van der Waals surface area contributed by atoms with E-state index in [4.69, 9.17) is 30.5 Å². The van der Waals surface area contributed by atoms with E-state index in [2.05, 4.69) is 33.8 Å². The van der Waals surface area contributed by atoms with Crippen LogP contribution in [0.1, 0.15) is 53.5 Å². The summed E-state index contributed by atoms with van der Waals surface area (Å²) in [6, 6.07) is 19.5. The number of aliphatic hydroxyl groups excluding tert-OH is 1. The molecule has 11 nitrogen and oxygen atoms in total. The summed E-state index contributed by atoms with van der Waals surface area (Å²) in [7, 11) is -3.43. The second-order valence-electron chi connectivity index (χ2n) is 14.0. The average Bonchev–Trinajstić information content (AvgIpc) is 3.20. The van der Waals surface area contributed by atoms with Crippen LogP contribution < -0.4 is 18.9 Å².